The van der Waals surface area contributed by atoms with Crippen LogP contribution in [0, 0.1) is 6.92 Å². The lowest BCUT2D eigenvalue weighted by Gasteiger charge is -2.18. The van der Waals surface area contributed by atoms with Crippen molar-refractivity contribution in [3.8, 4) is 0 Å². The molecule has 1 unspecified atom stereocenters. The molecule has 104 valence electrons. The highest BCUT2D eigenvalue weighted by molar-refractivity contribution is 7.10. The molecule has 0 amide bonds. The molecule has 2 heterocycles. The Morgan fingerprint density at radius 1 is 1.05 bits per heavy atom. The number of rotatable bonds is 4. The Bertz CT molecular complexity index is 699. The Hall–Kier alpha value is -1.58. The number of thiophene rings is 1. The average molecular weight is 285 g/mol. The largest absolute Gasteiger partial charge is 0.459 e. The zero-order chi connectivity index (χ0) is 14.1. The van der Waals surface area contributed by atoms with Crippen LogP contribution in [0.2, 0.25) is 0 Å². The van der Waals surface area contributed by atoms with E-state index in [2.05, 4.69) is 55.7 Å². The molecule has 3 heteroatoms. The smallest absolute Gasteiger partial charge is 0.134 e. The standard InChI is InChI=1S/C17H19NOS/c1-11-14-7-4-5-8-15(14)19-17(11)13(3)18-12(2)16-9-6-10-20-16/h4-10,12-13,18H,1-3H3/t12-,13?/m1/s1. The van der Waals surface area contributed by atoms with Crippen molar-refractivity contribution in [2.24, 2.45) is 0 Å². The molecule has 0 radical (unpaired) electrons. The van der Waals surface area contributed by atoms with Crippen molar-refractivity contribution in [3.63, 3.8) is 0 Å². The third kappa shape index (κ3) is 2.39. The summed E-state index contributed by atoms with van der Waals surface area (Å²) in [5.41, 5.74) is 2.21. The van der Waals surface area contributed by atoms with Gasteiger partial charge in [-0.1, -0.05) is 24.3 Å². The summed E-state index contributed by atoms with van der Waals surface area (Å²) in [7, 11) is 0. The van der Waals surface area contributed by atoms with Crippen molar-refractivity contribution in [1.82, 2.24) is 5.32 Å². The van der Waals surface area contributed by atoms with E-state index in [1.54, 1.807) is 11.3 Å². The Kier molecular flexibility index (Phi) is 3.64. The van der Waals surface area contributed by atoms with Gasteiger partial charge in [-0.25, -0.2) is 0 Å². The van der Waals surface area contributed by atoms with Crippen LogP contribution >= 0.6 is 11.3 Å². The average Bonchev–Trinajstić information content (AvgIpc) is 3.07. The minimum Gasteiger partial charge on any atom is -0.459 e. The Labute approximate surface area is 123 Å². The predicted octanol–water partition coefficient (Wildman–Crippen LogP) is 5.21. The van der Waals surface area contributed by atoms with E-state index >= 15 is 0 Å². The molecule has 0 aliphatic rings. The Morgan fingerprint density at radius 2 is 1.85 bits per heavy atom. The van der Waals surface area contributed by atoms with Gasteiger partial charge < -0.3 is 9.73 Å². The van der Waals surface area contributed by atoms with Gasteiger partial charge >= 0.3 is 0 Å². The molecular formula is C17H19NOS. The van der Waals surface area contributed by atoms with E-state index in [-0.39, 0.29) is 6.04 Å². The Balaban J connectivity index is 1.85. The number of hydrogen-bond acceptors (Lipinski definition) is 3. The maximum absolute atomic E-state index is 6.02. The van der Waals surface area contributed by atoms with Crippen molar-refractivity contribution >= 4 is 22.3 Å². The van der Waals surface area contributed by atoms with E-state index in [1.807, 2.05) is 12.1 Å². The predicted molar refractivity (Wildman–Crippen MR) is 85.2 cm³/mol. The van der Waals surface area contributed by atoms with E-state index in [9.17, 15) is 0 Å². The van der Waals surface area contributed by atoms with Gasteiger partial charge in [-0.2, -0.15) is 0 Å². The molecule has 20 heavy (non-hydrogen) atoms. The van der Waals surface area contributed by atoms with Gasteiger partial charge in [-0.15, -0.1) is 11.3 Å². The van der Waals surface area contributed by atoms with Crippen LogP contribution in [-0.2, 0) is 0 Å². The van der Waals surface area contributed by atoms with E-state index < -0.39 is 0 Å². The first-order valence-electron chi connectivity index (χ1n) is 6.94. The molecule has 0 fully saturated rings. The van der Waals surface area contributed by atoms with Crippen LogP contribution in [0.5, 0.6) is 0 Å². The zero-order valence-electron chi connectivity index (χ0n) is 12.0. The van der Waals surface area contributed by atoms with Gasteiger partial charge in [-0.3, -0.25) is 0 Å². The van der Waals surface area contributed by atoms with E-state index in [1.165, 1.54) is 15.8 Å². The first-order valence-corrected chi connectivity index (χ1v) is 7.82. The summed E-state index contributed by atoms with van der Waals surface area (Å²) in [4.78, 5) is 1.35. The highest BCUT2D eigenvalue weighted by Gasteiger charge is 2.18. The monoisotopic (exact) mass is 285 g/mol. The molecule has 1 aromatic carbocycles. The van der Waals surface area contributed by atoms with Gasteiger partial charge in [0.25, 0.3) is 0 Å². The van der Waals surface area contributed by atoms with E-state index in [0.717, 1.165) is 11.3 Å². The first-order chi connectivity index (χ1) is 9.66. The van der Waals surface area contributed by atoms with Crippen LogP contribution in [0.25, 0.3) is 11.0 Å². The summed E-state index contributed by atoms with van der Waals surface area (Å²) in [6.45, 7) is 6.49. The number of fused-ring (bicyclic) bond motifs is 1. The summed E-state index contributed by atoms with van der Waals surface area (Å²) in [6.07, 6.45) is 0. The minimum atomic E-state index is 0.194. The SMILES string of the molecule is Cc1c(C(C)N[C@H](C)c2cccs2)oc2ccccc12. The Morgan fingerprint density at radius 3 is 2.55 bits per heavy atom. The highest BCUT2D eigenvalue weighted by atomic mass is 32.1. The molecule has 2 nitrogen and oxygen atoms in total. The van der Waals surface area contributed by atoms with Crippen molar-refractivity contribution < 1.29 is 4.42 Å². The molecule has 3 rings (SSSR count). The normalized spacial score (nSPS) is 14.6. The summed E-state index contributed by atoms with van der Waals surface area (Å²) < 4.78 is 6.02. The van der Waals surface area contributed by atoms with Gasteiger partial charge in [0, 0.05) is 16.3 Å². The molecule has 1 N–H and O–H groups in total. The molecular weight excluding hydrogens is 266 g/mol. The lowest BCUT2D eigenvalue weighted by molar-refractivity contribution is 0.417. The fourth-order valence-corrected chi connectivity index (χ4v) is 3.42. The molecule has 2 atom stereocenters. The van der Waals surface area contributed by atoms with Crippen molar-refractivity contribution in [1.29, 1.82) is 0 Å². The van der Waals surface area contributed by atoms with Crippen LogP contribution in [0.4, 0.5) is 0 Å². The summed E-state index contributed by atoms with van der Waals surface area (Å²) in [5, 5.41) is 6.94. The fourth-order valence-electron chi connectivity index (χ4n) is 2.68. The van der Waals surface area contributed by atoms with Crippen LogP contribution in [0.15, 0.2) is 46.2 Å². The fraction of sp³-hybridized carbons (Fsp3) is 0.294. The first kappa shape index (κ1) is 13.4. The zero-order valence-corrected chi connectivity index (χ0v) is 12.8. The molecule has 3 aromatic rings. The molecule has 0 saturated carbocycles. The number of aryl methyl sites for hydroxylation is 1. The van der Waals surface area contributed by atoms with Gasteiger partial charge in [0.05, 0.1) is 6.04 Å². The maximum atomic E-state index is 6.02. The van der Waals surface area contributed by atoms with Crippen LogP contribution in [0.3, 0.4) is 0 Å². The van der Waals surface area contributed by atoms with Crippen molar-refractivity contribution in [2.45, 2.75) is 32.9 Å². The number of nitrogens with one attached hydrogen (secondary N) is 1. The number of hydrogen-bond donors (Lipinski definition) is 1. The third-order valence-corrected chi connectivity index (χ3v) is 4.80. The van der Waals surface area contributed by atoms with Gasteiger partial charge in [0.2, 0.25) is 0 Å². The highest BCUT2D eigenvalue weighted by Crippen LogP contribution is 2.31. The van der Waals surface area contributed by atoms with Gasteiger partial charge in [0.1, 0.15) is 11.3 Å². The van der Waals surface area contributed by atoms with Crippen molar-refractivity contribution in [3.05, 3.63) is 58.0 Å². The van der Waals surface area contributed by atoms with E-state index in [0.29, 0.717) is 6.04 Å². The minimum absolute atomic E-state index is 0.194. The van der Waals surface area contributed by atoms with Crippen LogP contribution < -0.4 is 5.32 Å². The lowest BCUT2D eigenvalue weighted by atomic mass is 10.1. The number of para-hydroxylation sites is 1. The molecule has 2 aromatic heterocycles. The summed E-state index contributed by atoms with van der Waals surface area (Å²) in [5.74, 6) is 1.04. The summed E-state index contributed by atoms with van der Waals surface area (Å²) in [6, 6.07) is 13.0. The molecule has 0 spiro atoms. The summed E-state index contributed by atoms with van der Waals surface area (Å²) >= 11 is 1.78. The lowest BCUT2D eigenvalue weighted by Crippen LogP contribution is -2.21. The molecule has 0 aliphatic carbocycles. The number of benzene rings is 1. The molecule has 0 aliphatic heterocycles. The third-order valence-electron chi connectivity index (χ3n) is 3.74. The van der Waals surface area contributed by atoms with Crippen LogP contribution in [-0.4, -0.2) is 0 Å². The van der Waals surface area contributed by atoms with Crippen molar-refractivity contribution in [2.75, 3.05) is 0 Å². The van der Waals surface area contributed by atoms with Gasteiger partial charge in [0.15, 0.2) is 0 Å². The second-order valence-corrected chi connectivity index (χ2v) is 6.19. The number of furan rings is 1. The quantitative estimate of drug-likeness (QED) is 0.711. The maximum Gasteiger partial charge on any atom is 0.134 e. The molecule has 0 bridgehead atoms. The van der Waals surface area contributed by atoms with Crippen LogP contribution in [0.1, 0.15) is 42.1 Å². The molecule has 0 saturated heterocycles. The van der Waals surface area contributed by atoms with E-state index in [4.69, 9.17) is 4.42 Å². The second-order valence-electron chi connectivity index (χ2n) is 5.21. The topological polar surface area (TPSA) is 25.2 Å². The van der Waals surface area contributed by atoms with Gasteiger partial charge in [-0.05, 0) is 43.8 Å². The second kappa shape index (κ2) is 5.43.